The van der Waals surface area contributed by atoms with Gasteiger partial charge >= 0.3 is 0 Å². The number of hydrogen-bond acceptors (Lipinski definition) is 6. The first-order chi connectivity index (χ1) is 15.9. The summed E-state index contributed by atoms with van der Waals surface area (Å²) in [5.74, 6) is -5.63. The lowest BCUT2D eigenvalue weighted by Gasteiger charge is -2.31. The lowest BCUT2D eigenvalue weighted by Crippen LogP contribution is -2.33. The summed E-state index contributed by atoms with van der Waals surface area (Å²) in [5.41, 5.74) is 0.487. The van der Waals surface area contributed by atoms with Crippen LogP contribution in [0.25, 0.3) is 11.3 Å². The molecule has 0 aliphatic heterocycles. The van der Waals surface area contributed by atoms with E-state index in [9.17, 15) is 28.6 Å². The van der Waals surface area contributed by atoms with Crippen LogP contribution in [0.1, 0.15) is 75.3 Å². The maximum atomic E-state index is 13.6. The lowest BCUT2D eigenvalue weighted by atomic mass is 9.79. The number of anilines is 1. The Labute approximate surface area is 196 Å². The van der Waals surface area contributed by atoms with Gasteiger partial charge < -0.3 is 25.4 Å². The van der Waals surface area contributed by atoms with Crippen molar-refractivity contribution in [2.45, 2.75) is 65.2 Å². The summed E-state index contributed by atoms with van der Waals surface area (Å²) in [6.07, 6.45) is 1.02. The molecule has 0 unspecified atom stereocenters. The third kappa shape index (κ3) is 5.31. The van der Waals surface area contributed by atoms with Crippen molar-refractivity contribution in [3.63, 3.8) is 0 Å². The van der Waals surface area contributed by atoms with Gasteiger partial charge in [-0.1, -0.05) is 19.0 Å². The molecule has 4 N–H and O–H groups in total. The molecule has 2 aromatic rings. The van der Waals surface area contributed by atoms with Crippen LogP contribution in [-0.2, 0) is 4.79 Å². The first-order valence-corrected chi connectivity index (χ1v) is 11.5. The van der Waals surface area contributed by atoms with E-state index in [1.807, 2.05) is 13.8 Å². The summed E-state index contributed by atoms with van der Waals surface area (Å²) in [6.45, 7) is 6.64. The second kappa shape index (κ2) is 9.99. The predicted octanol–water partition coefficient (Wildman–Crippen LogP) is 5.03. The molecule has 186 valence electrons. The van der Waals surface area contributed by atoms with E-state index in [2.05, 4.69) is 15.8 Å². The quantitative estimate of drug-likeness (QED) is 0.442. The molecule has 10 heteroatoms. The fourth-order valence-corrected chi connectivity index (χ4v) is 4.32. The summed E-state index contributed by atoms with van der Waals surface area (Å²) in [4.78, 5) is 25.6. The first-order valence-electron chi connectivity index (χ1n) is 11.5. The van der Waals surface area contributed by atoms with Crippen LogP contribution in [0.5, 0.6) is 11.5 Å². The molecular weight excluding hydrogens is 448 g/mol. The molecule has 1 aromatic carbocycles. The molecule has 0 radical (unpaired) electrons. The van der Waals surface area contributed by atoms with Crippen molar-refractivity contribution in [3.05, 3.63) is 23.4 Å². The van der Waals surface area contributed by atoms with E-state index in [-0.39, 0.29) is 53.0 Å². The molecule has 1 aliphatic rings. The second-order valence-electron chi connectivity index (χ2n) is 9.17. The van der Waals surface area contributed by atoms with E-state index in [1.54, 1.807) is 6.92 Å². The van der Waals surface area contributed by atoms with Gasteiger partial charge in [-0.25, -0.2) is 8.78 Å². The Bertz CT molecular complexity index is 1050. The van der Waals surface area contributed by atoms with Gasteiger partial charge in [0.1, 0.15) is 17.2 Å². The van der Waals surface area contributed by atoms with Gasteiger partial charge in [0.15, 0.2) is 11.5 Å². The van der Waals surface area contributed by atoms with Gasteiger partial charge in [0.2, 0.25) is 11.8 Å². The molecule has 1 aromatic heterocycles. The van der Waals surface area contributed by atoms with Crippen molar-refractivity contribution in [2.75, 3.05) is 11.9 Å². The van der Waals surface area contributed by atoms with Crippen molar-refractivity contribution >= 4 is 17.5 Å². The second-order valence-corrected chi connectivity index (χ2v) is 9.17. The number of benzene rings is 1. The average Bonchev–Trinajstić information content (AvgIpc) is 3.16. The van der Waals surface area contributed by atoms with Crippen LogP contribution in [-0.4, -0.2) is 39.7 Å². The highest BCUT2D eigenvalue weighted by atomic mass is 19.3. The number of hydrogen-bond donors (Lipinski definition) is 4. The molecular formula is C24H31F2N3O5. The van der Waals surface area contributed by atoms with Gasteiger partial charge in [-0.05, 0) is 57.1 Å². The Kier molecular flexibility index (Phi) is 7.48. The van der Waals surface area contributed by atoms with Crippen molar-refractivity contribution in [1.82, 2.24) is 10.5 Å². The highest BCUT2D eigenvalue weighted by Crippen LogP contribution is 2.43. The zero-order chi connectivity index (χ0) is 25.2. The van der Waals surface area contributed by atoms with Crippen LogP contribution in [0.15, 0.2) is 16.7 Å². The highest BCUT2D eigenvalue weighted by Gasteiger charge is 2.39. The number of amides is 2. The standard InChI is InChI=1S/C24H31F2N3O5/c1-5-27-23(33)20-19(28-22(32)13-6-8-14(9-7-13)24(4,25)26)21(34-29-20)16-10-15(12(2)3)17(30)11-18(16)31/h10-14,30-31H,5-9H2,1-4H3,(H,27,33)(H,28,32). The SMILES string of the molecule is CCNC(=O)c1noc(-c2cc(C(C)C)c(O)cc2O)c1NC(=O)C1CCC(C(C)(F)F)CC1. The summed E-state index contributed by atoms with van der Waals surface area (Å²) in [5, 5.41) is 29.8. The number of carbonyl (C=O) groups is 2. The highest BCUT2D eigenvalue weighted by molar-refractivity contribution is 6.06. The number of nitrogens with zero attached hydrogens (tertiary/aromatic N) is 1. The molecule has 3 rings (SSSR count). The normalized spacial score (nSPS) is 18.7. The fraction of sp³-hybridized carbons (Fsp3) is 0.542. The van der Waals surface area contributed by atoms with E-state index < -0.39 is 29.6 Å². The largest absolute Gasteiger partial charge is 0.508 e. The number of rotatable bonds is 7. The number of aromatic nitrogens is 1. The Morgan fingerprint density at radius 1 is 1.18 bits per heavy atom. The van der Waals surface area contributed by atoms with Gasteiger partial charge in [-0.15, -0.1) is 0 Å². The minimum Gasteiger partial charge on any atom is -0.508 e. The van der Waals surface area contributed by atoms with E-state index in [0.29, 0.717) is 24.9 Å². The number of aromatic hydroxyl groups is 2. The smallest absolute Gasteiger partial charge is 0.275 e. The van der Waals surface area contributed by atoms with Crippen LogP contribution in [0, 0.1) is 11.8 Å². The third-order valence-corrected chi connectivity index (χ3v) is 6.32. The Hall–Kier alpha value is -3.17. The lowest BCUT2D eigenvalue weighted by molar-refractivity contribution is -0.123. The van der Waals surface area contributed by atoms with Gasteiger partial charge in [0, 0.05) is 24.4 Å². The van der Waals surface area contributed by atoms with Crippen molar-refractivity contribution in [3.8, 4) is 22.8 Å². The average molecular weight is 480 g/mol. The number of alkyl halides is 2. The van der Waals surface area contributed by atoms with Crippen molar-refractivity contribution in [1.29, 1.82) is 0 Å². The van der Waals surface area contributed by atoms with Crippen molar-refractivity contribution in [2.24, 2.45) is 11.8 Å². The van der Waals surface area contributed by atoms with Crippen LogP contribution >= 0.6 is 0 Å². The maximum Gasteiger partial charge on any atom is 0.275 e. The van der Waals surface area contributed by atoms with Gasteiger partial charge in [-0.3, -0.25) is 9.59 Å². The van der Waals surface area contributed by atoms with Crippen LogP contribution in [0.3, 0.4) is 0 Å². The fourth-order valence-electron chi connectivity index (χ4n) is 4.32. The van der Waals surface area contributed by atoms with E-state index >= 15 is 0 Å². The molecule has 1 heterocycles. The zero-order valence-electron chi connectivity index (χ0n) is 19.7. The summed E-state index contributed by atoms with van der Waals surface area (Å²) in [6, 6.07) is 2.68. The van der Waals surface area contributed by atoms with Gasteiger partial charge in [0.25, 0.3) is 5.91 Å². The maximum absolute atomic E-state index is 13.6. The molecule has 1 fully saturated rings. The zero-order valence-corrected chi connectivity index (χ0v) is 19.7. The molecule has 1 aliphatic carbocycles. The summed E-state index contributed by atoms with van der Waals surface area (Å²) >= 11 is 0. The number of halogens is 2. The van der Waals surface area contributed by atoms with E-state index in [4.69, 9.17) is 4.52 Å². The van der Waals surface area contributed by atoms with E-state index in [1.165, 1.54) is 6.07 Å². The first kappa shape index (κ1) is 25.5. The predicted molar refractivity (Wildman–Crippen MR) is 122 cm³/mol. The number of phenols is 2. The number of carbonyl (C=O) groups excluding carboxylic acids is 2. The van der Waals surface area contributed by atoms with Crippen molar-refractivity contribution < 1.29 is 33.1 Å². The molecule has 2 amide bonds. The van der Waals surface area contributed by atoms with Crippen LogP contribution in [0.4, 0.5) is 14.5 Å². The Morgan fingerprint density at radius 3 is 2.38 bits per heavy atom. The molecule has 8 nitrogen and oxygen atoms in total. The third-order valence-electron chi connectivity index (χ3n) is 6.32. The molecule has 0 atom stereocenters. The van der Waals surface area contributed by atoms with Gasteiger partial charge in [-0.2, -0.15) is 0 Å². The molecule has 0 bridgehead atoms. The topological polar surface area (TPSA) is 125 Å². The Balaban J connectivity index is 1.95. The minimum absolute atomic E-state index is 0.0189. The summed E-state index contributed by atoms with van der Waals surface area (Å²) < 4.78 is 32.7. The Morgan fingerprint density at radius 2 is 1.82 bits per heavy atom. The molecule has 34 heavy (non-hydrogen) atoms. The minimum atomic E-state index is -2.79. The number of phenolic OH excluding ortho intramolecular Hbond substituents is 2. The van der Waals surface area contributed by atoms with Gasteiger partial charge in [0.05, 0.1) is 5.56 Å². The van der Waals surface area contributed by atoms with Crippen LogP contribution < -0.4 is 10.6 Å². The van der Waals surface area contributed by atoms with E-state index in [0.717, 1.165) is 13.0 Å². The molecule has 0 saturated heterocycles. The summed E-state index contributed by atoms with van der Waals surface area (Å²) in [7, 11) is 0. The molecule has 1 saturated carbocycles. The number of nitrogens with one attached hydrogen (secondary N) is 2. The molecule has 0 spiro atoms. The van der Waals surface area contributed by atoms with Crippen LogP contribution in [0.2, 0.25) is 0 Å². The monoisotopic (exact) mass is 479 g/mol.